The molecule has 0 fully saturated rings. The summed E-state index contributed by atoms with van der Waals surface area (Å²) in [5.74, 6) is -1.72. The molecular formula is C18H24N2O9. The lowest BCUT2D eigenvalue weighted by molar-refractivity contribution is -0.763. The average Bonchev–Trinajstić information content (AvgIpc) is 2.63. The second kappa shape index (κ2) is 12.2. The lowest BCUT2D eigenvalue weighted by Gasteiger charge is -2.17. The van der Waals surface area contributed by atoms with E-state index in [2.05, 4.69) is 10.2 Å². The van der Waals surface area contributed by atoms with Gasteiger partial charge in [-0.15, -0.1) is 10.1 Å². The van der Waals surface area contributed by atoms with Crippen molar-refractivity contribution < 1.29 is 38.9 Å². The van der Waals surface area contributed by atoms with E-state index in [-0.39, 0.29) is 37.0 Å². The molecule has 11 heteroatoms. The van der Waals surface area contributed by atoms with Gasteiger partial charge in [-0.1, -0.05) is 26.0 Å². The van der Waals surface area contributed by atoms with Crippen LogP contribution in [-0.2, 0) is 25.7 Å². The largest absolute Gasteiger partial charge is 0.481 e. The third kappa shape index (κ3) is 10.5. The van der Waals surface area contributed by atoms with Gasteiger partial charge in [-0.25, -0.2) is 9.59 Å². The SMILES string of the molecule is CC(C)CC(CNC(=O)OCOC(=O)c1cccc(CO[N+](=O)[O-])c1)CC(=O)O. The lowest BCUT2D eigenvalue weighted by atomic mass is 9.94. The van der Waals surface area contributed by atoms with E-state index < -0.39 is 29.9 Å². The Hall–Kier alpha value is -3.37. The molecule has 29 heavy (non-hydrogen) atoms. The van der Waals surface area contributed by atoms with Crippen LogP contribution < -0.4 is 5.32 Å². The Labute approximate surface area is 167 Å². The number of esters is 1. The lowest BCUT2D eigenvalue weighted by Crippen LogP contribution is -2.32. The maximum absolute atomic E-state index is 12.0. The fraction of sp³-hybridized carbons (Fsp3) is 0.500. The highest BCUT2D eigenvalue weighted by Gasteiger charge is 2.17. The second-order valence-electron chi connectivity index (χ2n) is 6.65. The normalized spacial score (nSPS) is 11.4. The molecule has 1 unspecified atom stereocenters. The first-order valence-corrected chi connectivity index (χ1v) is 8.83. The van der Waals surface area contributed by atoms with E-state index in [4.69, 9.17) is 14.6 Å². The van der Waals surface area contributed by atoms with Crippen molar-refractivity contribution in [2.45, 2.75) is 33.3 Å². The standard InChI is InChI=1S/C18H24N2O9/c1-12(2)6-14(8-16(21)22)9-19-18(24)28-11-27-17(23)15-5-3-4-13(7-15)10-29-20(25)26/h3-5,7,12,14H,6,8-11H2,1-2H3,(H,19,24)(H,21,22). The van der Waals surface area contributed by atoms with Crippen LogP contribution in [0.2, 0.25) is 0 Å². The van der Waals surface area contributed by atoms with Gasteiger partial charge in [0.05, 0.1) is 5.56 Å². The van der Waals surface area contributed by atoms with Gasteiger partial charge in [-0.2, -0.15) is 0 Å². The third-order valence-electron chi connectivity index (χ3n) is 3.68. The molecule has 2 N–H and O–H groups in total. The third-order valence-corrected chi connectivity index (χ3v) is 3.68. The minimum atomic E-state index is -0.953. The van der Waals surface area contributed by atoms with Crippen molar-refractivity contribution in [2.75, 3.05) is 13.3 Å². The van der Waals surface area contributed by atoms with E-state index >= 15 is 0 Å². The minimum absolute atomic E-state index is 0.0794. The number of nitrogens with one attached hydrogen (secondary N) is 1. The van der Waals surface area contributed by atoms with Crippen molar-refractivity contribution in [2.24, 2.45) is 11.8 Å². The van der Waals surface area contributed by atoms with Crippen LogP contribution in [0.25, 0.3) is 0 Å². The molecule has 11 nitrogen and oxygen atoms in total. The number of amides is 1. The molecule has 0 aliphatic carbocycles. The van der Waals surface area contributed by atoms with Gasteiger partial charge in [-0.3, -0.25) is 4.79 Å². The molecule has 1 atom stereocenters. The molecule has 0 saturated heterocycles. The van der Waals surface area contributed by atoms with Gasteiger partial charge in [0, 0.05) is 13.0 Å². The van der Waals surface area contributed by atoms with Crippen molar-refractivity contribution in [1.29, 1.82) is 0 Å². The molecule has 0 saturated carbocycles. The number of hydrogen-bond donors (Lipinski definition) is 2. The van der Waals surface area contributed by atoms with E-state index in [1.54, 1.807) is 0 Å². The molecule has 1 rings (SSSR count). The van der Waals surface area contributed by atoms with Crippen LogP contribution in [0.1, 0.15) is 42.6 Å². The zero-order chi connectivity index (χ0) is 21.8. The molecule has 0 bridgehead atoms. The zero-order valence-corrected chi connectivity index (χ0v) is 16.2. The number of carboxylic acids is 1. The van der Waals surface area contributed by atoms with Gasteiger partial charge in [-0.05, 0) is 36.0 Å². The summed E-state index contributed by atoms with van der Waals surface area (Å²) in [5, 5.41) is 20.6. The number of hydrogen-bond acceptors (Lipinski definition) is 8. The van der Waals surface area contributed by atoms with E-state index in [1.807, 2.05) is 13.8 Å². The quantitative estimate of drug-likeness (QED) is 0.228. The monoisotopic (exact) mass is 412 g/mol. The van der Waals surface area contributed by atoms with Crippen molar-refractivity contribution in [3.8, 4) is 0 Å². The van der Waals surface area contributed by atoms with Crippen LogP contribution in [0.4, 0.5) is 4.79 Å². The number of carboxylic acid groups (broad SMARTS) is 1. The summed E-state index contributed by atoms with van der Waals surface area (Å²) in [4.78, 5) is 48.9. The molecular weight excluding hydrogens is 388 g/mol. The van der Waals surface area contributed by atoms with Gasteiger partial charge in [0.15, 0.2) is 0 Å². The summed E-state index contributed by atoms with van der Waals surface area (Å²) >= 11 is 0. The number of alkyl carbamates (subject to hydrolysis) is 1. The van der Waals surface area contributed by atoms with Gasteiger partial charge < -0.3 is 24.7 Å². The molecule has 0 aliphatic heterocycles. The summed E-state index contributed by atoms with van der Waals surface area (Å²) in [6.45, 7) is 3.06. The molecule has 0 radical (unpaired) electrons. The number of carbonyl (C=O) groups is 3. The topological polar surface area (TPSA) is 154 Å². The van der Waals surface area contributed by atoms with Crippen LogP contribution in [-0.4, -0.2) is 41.6 Å². The van der Waals surface area contributed by atoms with E-state index in [1.165, 1.54) is 24.3 Å². The smallest absolute Gasteiger partial charge is 0.410 e. The Kier molecular flexibility index (Phi) is 9.92. The van der Waals surface area contributed by atoms with Crippen LogP contribution >= 0.6 is 0 Å². The number of ether oxygens (including phenoxy) is 2. The van der Waals surface area contributed by atoms with Crippen molar-refractivity contribution in [3.05, 3.63) is 45.5 Å². The number of carbonyl (C=O) groups excluding carboxylic acids is 2. The molecule has 0 spiro atoms. The Morgan fingerprint density at radius 3 is 2.59 bits per heavy atom. The Morgan fingerprint density at radius 1 is 1.24 bits per heavy atom. The maximum Gasteiger partial charge on any atom is 0.410 e. The van der Waals surface area contributed by atoms with E-state index in [0.29, 0.717) is 12.0 Å². The molecule has 0 heterocycles. The van der Waals surface area contributed by atoms with Crippen molar-refractivity contribution >= 4 is 18.0 Å². The van der Waals surface area contributed by atoms with Gasteiger partial charge in [0.1, 0.15) is 6.61 Å². The van der Waals surface area contributed by atoms with Crippen LogP contribution in [0.15, 0.2) is 24.3 Å². The van der Waals surface area contributed by atoms with E-state index in [9.17, 15) is 24.5 Å². The van der Waals surface area contributed by atoms with Gasteiger partial charge >= 0.3 is 18.0 Å². The number of benzene rings is 1. The van der Waals surface area contributed by atoms with Crippen LogP contribution in [0, 0.1) is 22.0 Å². The molecule has 1 amide bonds. The van der Waals surface area contributed by atoms with Gasteiger partial charge in [0.25, 0.3) is 5.09 Å². The number of nitrogens with zero attached hydrogens (tertiary/aromatic N) is 1. The second-order valence-corrected chi connectivity index (χ2v) is 6.65. The number of aliphatic carboxylic acids is 1. The predicted molar refractivity (Wildman–Crippen MR) is 98.2 cm³/mol. The minimum Gasteiger partial charge on any atom is -0.481 e. The summed E-state index contributed by atoms with van der Waals surface area (Å²) in [7, 11) is 0. The highest BCUT2D eigenvalue weighted by atomic mass is 16.9. The zero-order valence-electron chi connectivity index (χ0n) is 16.2. The van der Waals surface area contributed by atoms with Crippen LogP contribution in [0.5, 0.6) is 0 Å². The van der Waals surface area contributed by atoms with Crippen molar-refractivity contribution in [3.63, 3.8) is 0 Å². The molecule has 1 aromatic rings. The first-order valence-electron chi connectivity index (χ1n) is 8.83. The fourth-order valence-electron chi connectivity index (χ4n) is 2.57. The first-order chi connectivity index (χ1) is 13.7. The summed E-state index contributed by atoms with van der Waals surface area (Å²) in [5.41, 5.74) is 0.501. The Morgan fingerprint density at radius 2 is 1.97 bits per heavy atom. The maximum atomic E-state index is 12.0. The van der Waals surface area contributed by atoms with Gasteiger partial charge in [0.2, 0.25) is 6.79 Å². The number of rotatable bonds is 12. The van der Waals surface area contributed by atoms with Crippen LogP contribution in [0.3, 0.4) is 0 Å². The molecule has 1 aromatic carbocycles. The Bertz CT molecular complexity index is 721. The first kappa shape index (κ1) is 23.7. The molecule has 160 valence electrons. The Balaban J connectivity index is 2.41. The predicted octanol–water partition coefficient (Wildman–Crippen LogP) is 2.37. The summed E-state index contributed by atoms with van der Waals surface area (Å²) in [6.07, 6.45) is -0.299. The summed E-state index contributed by atoms with van der Waals surface area (Å²) in [6, 6.07) is 5.82. The van der Waals surface area contributed by atoms with Crippen molar-refractivity contribution in [1.82, 2.24) is 5.32 Å². The summed E-state index contributed by atoms with van der Waals surface area (Å²) < 4.78 is 9.57. The fourth-order valence-corrected chi connectivity index (χ4v) is 2.57. The van der Waals surface area contributed by atoms with E-state index in [0.717, 1.165) is 0 Å². The average molecular weight is 412 g/mol. The molecule has 0 aromatic heterocycles. The highest BCUT2D eigenvalue weighted by molar-refractivity contribution is 5.89. The molecule has 0 aliphatic rings. The highest BCUT2D eigenvalue weighted by Crippen LogP contribution is 2.14.